The number of nitrogens with one attached hydrogen (secondary N) is 1. The van der Waals surface area contributed by atoms with Gasteiger partial charge < -0.3 is 14.6 Å². The molecule has 0 aliphatic heterocycles. The molecule has 2 N–H and O–H groups in total. The number of benzene rings is 2. The topological polar surface area (TPSA) is 97.2 Å². The number of carbonyl (C=O) groups excluding carboxylic acids is 1. The van der Waals surface area contributed by atoms with Crippen LogP contribution in [-0.2, 0) is 9.59 Å². The first kappa shape index (κ1) is 19.3. The highest BCUT2D eigenvalue weighted by molar-refractivity contribution is 6.30. The summed E-state index contributed by atoms with van der Waals surface area (Å²) in [7, 11) is 0. The maximum Gasteiger partial charge on any atom is 0.344 e. The molecule has 0 bridgehead atoms. The third kappa shape index (κ3) is 6.45. The Bertz CT molecular complexity index is 775. The van der Waals surface area contributed by atoms with E-state index < -0.39 is 18.0 Å². The Morgan fingerprint density at radius 1 is 1.15 bits per heavy atom. The fraction of sp³-hybridized carbons (Fsp3) is 0.167. The van der Waals surface area contributed by atoms with Crippen LogP contribution in [0.1, 0.15) is 12.5 Å². The Labute approximate surface area is 155 Å². The van der Waals surface area contributed by atoms with Crippen molar-refractivity contribution in [3.8, 4) is 11.5 Å². The van der Waals surface area contributed by atoms with E-state index in [4.69, 9.17) is 26.2 Å². The highest BCUT2D eigenvalue weighted by atomic mass is 35.5. The number of carbonyl (C=O) groups is 2. The van der Waals surface area contributed by atoms with Crippen molar-refractivity contribution in [2.75, 3.05) is 6.61 Å². The molecule has 136 valence electrons. The third-order valence-corrected chi connectivity index (χ3v) is 3.38. The first-order valence-corrected chi connectivity index (χ1v) is 8.01. The Morgan fingerprint density at radius 2 is 1.77 bits per heavy atom. The average Bonchev–Trinajstić information content (AvgIpc) is 2.62. The van der Waals surface area contributed by atoms with Gasteiger partial charge in [-0.25, -0.2) is 10.2 Å². The molecule has 1 amide bonds. The van der Waals surface area contributed by atoms with Crippen LogP contribution < -0.4 is 14.9 Å². The molecule has 2 aromatic carbocycles. The van der Waals surface area contributed by atoms with Gasteiger partial charge >= 0.3 is 5.97 Å². The van der Waals surface area contributed by atoms with Crippen molar-refractivity contribution in [3.05, 3.63) is 59.1 Å². The summed E-state index contributed by atoms with van der Waals surface area (Å²) in [5.41, 5.74) is 3.05. The van der Waals surface area contributed by atoms with E-state index in [0.717, 1.165) is 0 Å². The zero-order chi connectivity index (χ0) is 18.9. The predicted molar refractivity (Wildman–Crippen MR) is 96.9 cm³/mol. The number of carboxylic acids is 1. The second kappa shape index (κ2) is 9.43. The molecule has 0 aromatic heterocycles. The van der Waals surface area contributed by atoms with E-state index in [1.54, 1.807) is 48.5 Å². The van der Waals surface area contributed by atoms with Crippen molar-refractivity contribution in [2.24, 2.45) is 5.10 Å². The van der Waals surface area contributed by atoms with Crippen LogP contribution in [0.4, 0.5) is 0 Å². The van der Waals surface area contributed by atoms with Crippen molar-refractivity contribution >= 4 is 29.7 Å². The quantitative estimate of drug-likeness (QED) is 0.545. The van der Waals surface area contributed by atoms with E-state index in [-0.39, 0.29) is 6.61 Å². The smallest absolute Gasteiger partial charge is 0.344 e. The summed E-state index contributed by atoms with van der Waals surface area (Å²) in [5, 5.41) is 13.2. The standard InChI is InChI=1S/C18H17ClN2O5/c1-12(18(23)24)26-16-6-2-13(3-7-16)10-20-21-17(22)11-25-15-8-4-14(19)5-9-15/h2-10,12H,11H2,1H3,(H,21,22)(H,23,24)/b20-10-/t12-/m1/s1. The second-order valence-electron chi connectivity index (χ2n) is 5.20. The molecule has 0 radical (unpaired) electrons. The number of carboxylic acid groups (broad SMARTS) is 1. The highest BCUT2D eigenvalue weighted by Crippen LogP contribution is 2.15. The van der Waals surface area contributed by atoms with Crippen molar-refractivity contribution in [3.63, 3.8) is 0 Å². The molecule has 0 heterocycles. The fourth-order valence-corrected chi connectivity index (χ4v) is 1.90. The molecular formula is C18H17ClN2O5. The number of hydrazone groups is 1. The molecule has 26 heavy (non-hydrogen) atoms. The van der Waals surface area contributed by atoms with E-state index in [0.29, 0.717) is 22.1 Å². The minimum absolute atomic E-state index is 0.182. The van der Waals surface area contributed by atoms with E-state index >= 15 is 0 Å². The minimum atomic E-state index is -1.04. The predicted octanol–water partition coefficient (Wildman–Crippen LogP) is 2.72. The summed E-state index contributed by atoms with van der Waals surface area (Å²) in [6.45, 7) is 1.26. The molecule has 0 spiro atoms. The van der Waals surface area contributed by atoms with Gasteiger partial charge in [0.05, 0.1) is 6.21 Å². The van der Waals surface area contributed by atoms with Gasteiger partial charge in [0, 0.05) is 5.02 Å². The molecule has 0 aliphatic rings. The largest absolute Gasteiger partial charge is 0.484 e. The lowest BCUT2D eigenvalue weighted by atomic mass is 10.2. The molecule has 0 aliphatic carbocycles. The lowest BCUT2D eigenvalue weighted by molar-refractivity contribution is -0.144. The summed E-state index contributed by atoms with van der Waals surface area (Å²) in [4.78, 5) is 22.4. The van der Waals surface area contributed by atoms with Crippen molar-refractivity contribution in [2.45, 2.75) is 13.0 Å². The number of rotatable bonds is 8. The van der Waals surface area contributed by atoms with Crippen LogP contribution in [0, 0.1) is 0 Å². The molecular weight excluding hydrogens is 360 g/mol. The van der Waals surface area contributed by atoms with Crippen molar-refractivity contribution in [1.82, 2.24) is 5.43 Å². The molecule has 0 fully saturated rings. The van der Waals surface area contributed by atoms with Crippen LogP contribution in [0.5, 0.6) is 11.5 Å². The maximum absolute atomic E-state index is 11.7. The summed E-state index contributed by atoms with van der Waals surface area (Å²) in [6.07, 6.45) is 0.513. The van der Waals surface area contributed by atoms with Crippen molar-refractivity contribution in [1.29, 1.82) is 0 Å². The third-order valence-electron chi connectivity index (χ3n) is 3.13. The fourth-order valence-electron chi connectivity index (χ4n) is 1.78. The van der Waals surface area contributed by atoms with Gasteiger partial charge in [0.25, 0.3) is 5.91 Å². The summed E-state index contributed by atoms with van der Waals surface area (Å²) < 4.78 is 10.5. The Morgan fingerprint density at radius 3 is 2.38 bits per heavy atom. The maximum atomic E-state index is 11.7. The van der Waals surface area contributed by atoms with Gasteiger partial charge in [-0.05, 0) is 61.0 Å². The van der Waals surface area contributed by atoms with Crippen LogP contribution in [0.2, 0.25) is 5.02 Å². The lowest BCUT2D eigenvalue weighted by Crippen LogP contribution is -2.24. The summed E-state index contributed by atoms with van der Waals surface area (Å²) >= 11 is 5.76. The van der Waals surface area contributed by atoms with E-state index in [9.17, 15) is 9.59 Å². The number of nitrogens with zero attached hydrogens (tertiary/aromatic N) is 1. The van der Waals surface area contributed by atoms with Gasteiger partial charge in [-0.3, -0.25) is 4.79 Å². The number of halogens is 1. The van der Waals surface area contributed by atoms with Crippen LogP contribution in [-0.4, -0.2) is 35.9 Å². The monoisotopic (exact) mass is 376 g/mol. The first-order chi connectivity index (χ1) is 12.4. The van der Waals surface area contributed by atoms with Gasteiger partial charge in [-0.15, -0.1) is 0 Å². The minimum Gasteiger partial charge on any atom is -0.484 e. The first-order valence-electron chi connectivity index (χ1n) is 7.64. The van der Waals surface area contributed by atoms with E-state index in [1.165, 1.54) is 13.1 Å². The average molecular weight is 377 g/mol. The number of aliphatic carboxylic acids is 1. The Balaban J connectivity index is 1.77. The van der Waals surface area contributed by atoms with Crippen LogP contribution in [0.25, 0.3) is 0 Å². The molecule has 0 saturated carbocycles. The summed E-state index contributed by atoms with van der Waals surface area (Å²) in [6, 6.07) is 13.3. The molecule has 0 unspecified atom stereocenters. The van der Waals surface area contributed by atoms with Gasteiger partial charge in [-0.2, -0.15) is 5.10 Å². The normalized spacial score (nSPS) is 11.8. The van der Waals surface area contributed by atoms with Gasteiger partial charge in [0.15, 0.2) is 12.7 Å². The zero-order valence-electron chi connectivity index (χ0n) is 13.9. The molecule has 2 rings (SSSR count). The number of hydrogen-bond donors (Lipinski definition) is 2. The van der Waals surface area contributed by atoms with E-state index in [2.05, 4.69) is 10.5 Å². The summed E-state index contributed by atoms with van der Waals surface area (Å²) in [5.74, 6) is -0.497. The molecule has 8 heteroatoms. The SMILES string of the molecule is C[C@@H](Oc1ccc(/C=N\NC(=O)COc2ccc(Cl)cc2)cc1)C(=O)O. The Kier molecular flexibility index (Phi) is 6.99. The van der Waals surface area contributed by atoms with E-state index in [1.807, 2.05) is 0 Å². The highest BCUT2D eigenvalue weighted by Gasteiger charge is 2.11. The van der Waals surface area contributed by atoms with Gasteiger partial charge in [-0.1, -0.05) is 11.6 Å². The lowest BCUT2D eigenvalue weighted by Gasteiger charge is -2.09. The van der Waals surface area contributed by atoms with Crippen molar-refractivity contribution < 1.29 is 24.2 Å². The van der Waals surface area contributed by atoms with Gasteiger partial charge in [0.1, 0.15) is 11.5 Å². The van der Waals surface area contributed by atoms with Gasteiger partial charge in [0.2, 0.25) is 0 Å². The molecule has 1 atom stereocenters. The molecule has 7 nitrogen and oxygen atoms in total. The Hall–Kier alpha value is -3.06. The number of ether oxygens (including phenoxy) is 2. The zero-order valence-corrected chi connectivity index (χ0v) is 14.6. The molecule has 2 aromatic rings. The van der Waals surface area contributed by atoms with Crippen LogP contribution in [0.15, 0.2) is 53.6 Å². The second-order valence-corrected chi connectivity index (χ2v) is 5.64. The number of hydrogen-bond acceptors (Lipinski definition) is 5. The number of amides is 1. The molecule has 0 saturated heterocycles. The van der Waals surface area contributed by atoms with Crippen LogP contribution >= 0.6 is 11.6 Å². The van der Waals surface area contributed by atoms with Crippen LogP contribution in [0.3, 0.4) is 0 Å².